The van der Waals surface area contributed by atoms with E-state index in [1.54, 1.807) is 13.8 Å². The zero-order chi connectivity index (χ0) is 13.2. The second-order valence-electron chi connectivity index (χ2n) is 3.75. The maximum Gasteiger partial charge on any atom is 0.282 e. The van der Waals surface area contributed by atoms with Crippen LogP contribution in [0.5, 0.6) is 0 Å². The third-order valence-electron chi connectivity index (χ3n) is 2.25. The van der Waals surface area contributed by atoms with E-state index in [4.69, 9.17) is 0 Å². The summed E-state index contributed by atoms with van der Waals surface area (Å²) in [7, 11) is -3.16. The first-order chi connectivity index (χ1) is 7.75. The molecule has 0 saturated heterocycles. The fraction of sp³-hybridized carbons (Fsp3) is 0.556. The lowest BCUT2D eigenvalue weighted by molar-refractivity contribution is 0.563. The molecule has 0 radical (unpaired) electrons. The lowest BCUT2D eigenvalue weighted by Gasteiger charge is -2.09. The molecule has 0 aliphatic rings. The normalized spacial score (nSPS) is 12.1. The van der Waals surface area contributed by atoms with Crippen molar-refractivity contribution in [3.8, 4) is 0 Å². The van der Waals surface area contributed by atoms with Crippen LogP contribution >= 0.6 is 31.9 Å². The number of nitrogens with zero attached hydrogens (tertiary/aromatic N) is 2. The standard InChI is InChI=1S/C9H12Br2N2O3S/c1-6(2)17(15,16)4-3-13-9(14)8(11)7(10)5-12-13/h5-6H,3-4H2,1-2H3. The second kappa shape index (κ2) is 5.62. The van der Waals surface area contributed by atoms with Crippen LogP contribution in [0.1, 0.15) is 13.8 Å². The first-order valence-corrected chi connectivity index (χ1v) is 8.18. The summed E-state index contributed by atoms with van der Waals surface area (Å²) in [4.78, 5) is 11.7. The molecule has 0 atom stereocenters. The van der Waals surface area contributed by atoms with Crippen LogP contribution in [0.2, 0.25) is 0 Å². The van der Waals surface area contributed by atoms with E-state index >= 15 is 0 Å². The molecule has 0 saturated carbocycles. The molecule has 0 aliphatic carbocycles. The fourth-order valence-electron chi connectivity index (χ4n) is 1.05. The monoisotopic (exact) mass is 386 g/mol. The Morgan fingerprint density at radius 1 is 1.41 bits per heavy atom. The predicted molar refractivity (Wildman–Crippen MR) is 72.8 cm³/mol. The molecule has 1 rings (SSSR count). The summed E-state index contributed by atoms with van der Waals surface area (Å²) in [5.41, 5.74) is -0.349. The fourth-order valence-corrected chi connectivity index (χ4v) is 2.52. The van der Waals surface area contributed by atoms with Crippen LogP contribution in [0.25, 0.3) is 0 Å². The van der Waals surface area contributed by atoms with Gasteiger partial charge in [0.1, 0.15) is 4.47 Å². The highest BCUT2D eigenvalue weighted by Crippen LogP contribution is 2.16. The number of aromatic nitrogens is 2. The Hall–Kier alpha value is -0.210. The summed E-state index contributed by atoms with van der Waals surface area (Å²) in [6, 6.07) is 0. The first-order valence-electron chi connectivity index (χ1n) is 4.88. The van der Waals surface area contributed by atoms with Crippen LogP contribution in [-0.4, -0.2) is 29.2 Å². The number of aryl methyl sites for hydroxylation is 1. The summed E-state index contributed by atoms with van der Waals surface area (Å²) in [5.74, 6) is -0.0916. The van der Waals surface area contributed by atoms with E-state index in [1.165, 1.54) is 6.20 Å². The van der Waals surface area contributed by atoms with Crippen LogP contribution in [-0.2, 0) is 16.4 Å². The zero-order valence-corrected chi connectivity index (χ0v) is 13.3. The van der Waals surface area contributed by atoms with Crippen molar-refractivity contribution in [1.29, 1.82) is 0 Å². The smallest absolute Gasteiger partial charge is 0.266 e. The van der Waals surface area contributed by atoms with Gasteiger partial charge >= 0.3 is 0 Å². The van der Waals surface area contributed by atoms with Gasteiger partial charge in [0, 0.05) is 0 Å². The van der Waals surface area contributed by atoms with Gasteiger partial charge in [0.05, 0.1) is 28.2 Å². The van der Waals surface area contributed by atoms with Crippen molar-refractivity contribution in [2.24, 2.45) is 0 Å². The molecule has 1 aromatic rings. The highest BCUT2D eigenvalue weighted by Gasteiger charge is 2.17. The Kier molecular flexibility index (Phi) is 4.91. The Labute approximate surface area is 116 Å². The van der Waals surface area contributed by atoms with E-state index in [9.17, 15) is 13.2 Å². The molecule has 1 heterocycles. The van der Waals surface area contributed by atoms with Gasteiger partial charge in [0.25, 0.3) is 5.56 Å². The van der Waals surface area contributed by atoms with E-state index in [1.807, 2.05) is 0 Å². The molecule has 0 aliphatic heterocycles. The molecular weight excluding hydrogens is 376 g/mol. The highest BCUT2D eigenvalue weighted by atomic mass is 79.9. The predicted octanol–water partition coefficient (Wildman–Crippen LogP) is 1.59. The summed E-state index contributed by atoms with van der Waals surface area (Å²) in [6.07, 6.45) is 1.45. The average molecular weight is 388 g/mol. The number of rotatable bonds is 4. The third kappa shape index (κ3) is 3.62. The Morgan fingerprint density at radius 3 is 2.53 bits per heavy atom. The zero-order valence-electron chi connectivity index (χ0n) is 9.35. The van der Waals surface area contributed by atoms with E-state index in [0.29, 0.717) is 8.95 Å². The first kappa shape index (κ1) is 14.8. The van der Waals surface area contributed by atoms with Crippen LogP contribution in [0.4, 0.5) is 0 Å². The minimum Gasteiger partial charge on any atom is -0.266 e. The van der Waals surface area contributed by atoms with Gasteiger partial charge in [-0.25, -0.2) is 13.1 Å². The van der Waals surface area contributed by atoms with E-state index in [0.717, 1.165) is 4.68 Å². The van der Waals surface area contributed by atoms with Crippen molar-refractivity contribution < 1.29 is 8.42 Å². The maximum atomic E-state index is 11.7. The topological polar surface area (TPSA) is 69.0 Å². The van der Waals surface area contributed by atoms with E-state index < -0.39 is 15.1 Å². The van der Waals surface area contributed by atoms with Crippen LogP contribution < -0.4 is 5.56 Å². The Bertz CT molecular complexity index is 566. The van der Waals surface area contributed by atoms with Crippen molar-refractivity contribution >= 4 is 41.7 Å². The quantitative estimate of drug-likeness (QED) is 0.786. The molecule has 0 N–H and O–H groups in total. The molecule has 0 spiro atoms. The summed E-state index contributed by atoms with van der Waals surface area (Å²) >= 11 is 6.26. The second-order valence-corrected chi connectivity index (χ2v) is 8.07. The number of sulfone groups is 1. The molecule has 96 valence electrons. The Morgan fingerprint density at radius 2 is 2.00 bits per heavy atom. The molecule has 0 fully saturated rings. The lowest BCUT2D eigenvalue weighted by Crippen LogP contribution is -2.29. The highest BCUT2D eigenvalue weighted by molar-refractivity contribution is 9.13. The molecule has 1 aromatic heterocycles. The van der Waals surface area contributed by atoms with Gasteiger partial charge in [0.2, 0.25) is 0 Å². The van der Waals surface area contributed by atoms with Gasteiger partial charge in [-0.2, -0.15) is 5.10 Å². The van der Waals surface area contributed by atoms with Crippen molar-refractivity contribution in [3.05, 3.63) is 25.5 Å². The lowest BCUT2D eigenvalue weighted by atomic mass is 10.5. The molecule has 0 bridgehead atoms. The third-order valence-corrected chi connectivity index (χ3v) is 6.34. The summed E-state index contributed by atoms with van der Waals surface area (Å²) < 4.78 is 25.2. The SMILES string of the molecule is CC(C)S(=O)(=O)CCn1ncc(Br)c(Br)c1=O. The van der Waals surface area contributed by atoms with Crippen molar-refractivity contribution in [2.45, 2.75) is 25.6 Å². The van der Waals surface area contributed by atoms with Crippen LogP contribution in [0.3, 0.4) is 0 Å². The van der Waals surface area contributed by atoms with Gasteiger partial charge in [-0.15, -0.1) is 0 Å². The van der Waals surface area contributed by atoms with E-state index in [2.05, 4.69) is 37.0 Å². The van der Waals surface area contributed by atoms with Crippen molar-refractivity contribution in [1.82, 2.24) is 9.78 Å². The molecule has 0 aromatic carbocycles. The van der Waals surface area contributed by atoms with E-state index in [-0.39, 0.29) is 17.9 Å². The summed E-state index contributed by atoms with van der Waals surface area (Å²) in [6.45, 7) is 3.29. The summed E-state index contributed by atoms with van der Waals surface area (Å²) in [5, 5.41) is 3.42. The van der Waals surface area contributed by atoms with Gasteiger partial charge < -0.3 is 0 Å². The van der Waals surface area contributed by atoms with Gasteiger partial charge in [-0.3, -0.25) is 4.79 Å². The molecule has 8 heteroatoms. The molecule has 17 heavy (non-hydrogen) atoms. The average Bonchev–Trinajstić information content (AvgIpc) is 2.25. The molecule has 5 nitrogen and oxygen atoms in total. The maximum absolute atomic E-state index is 11.7. The number of hydrogen-bond acceptors (Lipinski definition) is 4. The number of halogens is 2. The van der Waals surface area contributed by atoms with Crippen LogP contribution in [0.15, 0.2) is 19.9 Å². The number of hydrogen-bond donors (Lipinski definition) is 0. The minimum atomic E-state index is -3.16. The van der Waals surface area contributed by atoms with Gasteiger partial charge in [-0.1, -0.05) is 0 Å². The Balaban J connectivity index is 2.93. The van der Waals surface area contributed by atoms with Gasteiger partial charge in [0.15, 0.2) is 9.84 Å². The van der Waals surface area contributed by atoms with Crippen LogP contribution in [0, 0.1) is 0 Å². The van der Waals surface area contributed by atoms with Gasteiger partial charge in [-0.05, 0) is 45.7 Å². The van der Waals surface area contributed by atoms with Crippen molar-refractivity contribution in [3.63, 3.8) is 0 Å². The molecule has 0 unspecified atom stereocenters. The van der Waals surface area contributed by atoms with Crippen molar-refractivity contribution in [2.75, 3.05) is 5.75 Å². The molecular formula is C9H12Br2N2O3S. The minimum absolute atomic E-state index is 0.0607. The molecule has 0 amide bonds. The largest absolute Gasteiger partial charge is 0.282 e.